The molecule has 4 heteroatoms. The zero-order valence-electron chi connectivity index (χ0n) is 46.4. The maximum absolute atomic E-state index is 12.5. The Morgan fingerprint density at radius 3 is 0.853 bits per heavy atom. The second-order valence-electron chi connectivity index (χ2n) is 21.5. The molecule has 0 aromatic rings. The van der Waals surface area contributed by atoms with E-state index in [1.54, 1.807) is 6.08 Å². The first-order valence-corrected chi connectivity index (χ1v) is 31.2. The molecule has 0 radical (unpaired) electrons. The summed E-state index contributed by atoms with van der Waals surface area (Å²) >= 11 is 0. The average Bonchev–Trinajstić information content (AvgIpc) is 3.34. The molecule has 402 valence electrons. The molecule has 0 spiro atoms. The van der Waals surface area contributed by atoms with Crippen molar-refractivity contribution in [3.63, 3.8) is 0 Å². The Morgan fingerprint density at radius 2 is 0.574 bits per heavy atom. The van der Waals surface area contributed by atoms with Crippen LogP contribution in [0.4, 0.5) is 0 Å². The number of unbranched alkanes of at least 4 members (excludes halogenated alkanes) is 47. The number of aliphatic hydroxyl groups is 2. The van der Waals surface area contributed by atoms with Gasteiger partial charge in [-0.2, -0.15) is 0 Å². The van der Waals surface area contributed by atoms with Gasteiger partial charge in [-0.1, -0.05) is 320 Å². The molecule has 0 aliphatic carbocycles. The fourth-order valence-corrected chi connectivity index (χ4v) is 9.84. The molecule has 4 nitrogen and oxygen atoms in total. The van der Waals surface area contributed by atoms with E-state index in [-0.39, 0.29) is 12.5 Å². The second kappa shape index (κ2) is 59.9. The first-order valence-electron chi connectivity index (χ1n) is 31.2. The normalized spacial score (nSPS) is 12.9. The lowest BCUT2D eigenvalue weighted by atomic mass is 10.0. The highest BCUT2D eigenvalue weighted by Gasteiger charge is 2.18. The molecule has 2 unspecified atom stereocenters. The maximum Gasteiger partial charge on any atom is 0.220 e. The van der Waals surface area contributed by atoms with Crippen molar-refractivity contribution in [1.29, 1.82) is 0 Å². The Morgan fingerprint density at radius 1 is 0.338 bits per heavy atom. The van der Waals surface area contributed by atoms with Gasteiger partial charge in [-0.3, -0.25) is 4.79 Å². The Kier molecular flexibility index (Phi) is 58.7. The zero-order chi connectivity index (χ0) is 49.2. The van der Waals surface area contributed by atoms with E-state index < -0.39 is 12.1 Å². The van der Waals surface area contributed by atoms with Gasteiger partial charge in [0.05, 0.1) is 18.8 Å². The summed E-state index contributed by atoms with van der Waals surface area (Å²) in [6, 6.07) is -0.639. The number of hydrogen-bond acceptors (Lipinski definition) is 3. The van der Waals surface area contributed by atoms with Gasteiger partial charge in [-0.05, 0) is 57.8 Å². The standard InChI is InChI=1S/C64H123NO3/c1-3-5-7-9-11-13-15-17-19-21-23-25-27-29-30-31-32-33-34-35-36-38-40-42-44-46-48-50-52-54-56-58-60-64(68)65-62(61-66)63(67)59-57-55-53-51-49-47-45-43-41-39-37-28-26-24-22-20-18-16-14-12-10-8-6-4-2/h29-30,49,51,57,59,62-63,66-67H,3-28,31-48,50,52-56,58,60-61H2,1-2H3,(H,65,68)/b30-29-,51-49+,59-57+. The van der Waals surface area contributed by atoms with Gasteiger partial charge in [0.2, 0.25) is 5.91 Å². The van der Waals surface area contributed by atoms with E-state index in [1.807, 2.05) is 6.08 Å². The molecule has 2 atom stereocenters. The molecular formula is C64H123NO3. The number of nitrogens with one attached hydrogen (secondary N) is 1. The first kappa shape index (κ1) is 66.6. The molecule has 68 heavy (non-hydrogen) atoms. The molecule has 0 saturated heterocycles. The number of amides is 1. The highest BCUT2D eigenvalue weighted by molar-refractivity contribution is 5.76. The third-order valence-corrected chi connectivity index (χ3v) is 14.6. The minimum absolute atomic E-state index is 0.0676. The molecule has 0 fully saturated rings. The Labute approximate surface area is 427 Å². The Balaban J connectivity index is 3.47. The summed E-state index contributed by atoms with van der Waals surface area (Å²) in [5.41, 5.74) is 0. The van der Waals surface area contributed by atoms with Crippen LogP contribution in [0.3, 0.4) is 0 Å². The lowest BCUT2D eigenvalue weighted by Crippen LogP contribution is -2.45. The summed E-state index contributed by atoms with van der Waals surface area (Å²) in [5, 5.41) is 23.2. The van der Waals surface area contributed by atoms with Gasteiger partial charge in [0.15, 0.2) is 0 Å². The van der Waals surface area contributed by atoms with Gasteiger partial charge >= 0.3 is 0 Å². The molecule has 0 heterocycles. The lowest BCUT2D eigenvalue weighted by Gasteiger charge is -2.19. The molecule has 0 bridgehead atoms. The van der Waals surface area contributed by atoms with Gasteiger partial charge in [-0.15, -0.1) is 0 Å². The summed E-state index contributed by atoms with van der Waals surface area (Å²) in [6.07, 6.45) is 82.0. The maximum atomic E-state index is 12.5. The fourth-order valence-electron chi connectivity index (χ4n) is 9.84. The van der Waals surface area contributed by atoms with Crippen LogP contribution in [0.1, 0.15) is 348 Å². The summed E-state index contributed by atoms with van der Waals surface area (Å²) in [6.45, 7) is 4.34. The highest BCUT2D eigenvalue weighted by atomic mass is 16.3. The van der Waals surface area contributed by atoms with E-state index in [0.717, 1.165) is 32.1 Å². The topological polar surface area (TPSA) is 69.6 Å². The van der Waals surface area contributed by atoms with Crippen molar-refractivity contribution >= 4 is 5.91 Å². The van der Waals surface area contributed by atoms with Gasteiger partial charge in [0, 0.05) is 6.42 Å². The minimum atomic E-state index is -0.862. The SMILES string of the molecule is CCCCCCCCCCCCCC/C=C\CCCCCCCCCCCCCCCCCCC(=O)NC(CO)C(O)/C=C/CC/C=C/CCCCCCCCCCCCCCCCCCCC. The van der Waals surface area contributed by atoms with Crippen LogP contribution in [0.25, 0.3) is 0 Å². The van der Waals surface area contributed by atoms with E-state index in [0.29, 0.717) is 6.42 Å². The number of allylic oxidation sites excluding steroid dienone is 5. The predicted molar refractivity (Wildman–Crippen MR) is 304 cm³/mol. The Hall–Kier alpha value is -1.39. The van der Waals surface area contributed by atoms with Crippen LogP contribution in [0.5, 0.6) is 0 Å². The molecule has 0 aliphatic rings. The largest absolute Gasteiger partial charge is 0.394 e. The van der Waals surface area contributed by atoms with E-state index in [9.17, 15) is 15.0 Å². The van der Waals surface area contributed by atoms with Crippen LogP contribution in [0.2, 0.25) is 0 Å². The summed E-state index contributed by atoms with van der Waals surface area (Å²) in [5.74, 6) is -0.0676. The summed E-state index contributed by atoms with van der Waals surface area (Å²) in [7, 11) is 0. The molecule has 0 saturated carbocycles. The van der Waals surface area contributed by atoms with Crippen molar-refractivity contribution in [3.05, 3.63) is 36.5 Å². The number of carbonyl (C=O) groups excluding carboxylic acids is 1. The predicted octanol–water partition coefficient (Wildman–Crippen LogP) is 20.8. The van der Waals surface area contributed by atoms with Crippen LogP contribution in [0.15, 0.2) is 36.5 Å². The molecule has 0 aromatic carbocycles. The lowest BCUT2D eigenvalue weighted by molar-refractivity contribution is -0.123. The summed E-state index contributed by atoms with van der Waals surface area (Å²) in [4.78, 5) is 12.5. The van der Waals surface area contributed by atoms with Crippen molar-refractivity contribution in [2.45, 2.75) is 360 Å². The van der Waals surface area contributed by atoms with Crippen LogP contribution in [0, 0.1) is 0 Å². The highest BCUT2D eigenvalue weighted by Crippen LogP contribution is 2.18. The molecule has 1 amide bonds. The summed E-state index contributed by atoms with van der Waals surface area (Å²) < 4.78 is 0. The van der Waals surface area contributed by atoms with Crippen molar-refractivity contribution in [2.75, 3.05) is 6.61 Å². The number of rotatable bonds is 58. The van der Waals surface area contributed by atoms with Crippen LogP contribution in [-0.4, -0.2) is 34.9 Å². The molecular weight excluding hydrogens is 831 g/mol. The zero-order valence-corrected chi connectivity index (χ0v) is 46.4. The van der Waals surface area contributed by atoms with E-state index in [2.05, 4.69) is 43.5 Å². The van der Waals surface area contributed by atoms with E-state index in [4.69, 9.17) is 0 Å². The van der Waals surface area contributed by atoms with Crippen molar-refractivity contribution in [1.82, 2.24) is 5.32 Å². The minimum Gasteiger partial charge on any atom is -0.394 e. The van der Waals surface area contributed by atoms with Crippen LogP contribution >= 0.6 is 0 Å². The van der Waals surface area contributed by atoms with Gasteiger partial charge in [-0.25, -0.2) is 0 Å². The number of carbonyl (C=O) groups is 1. The van der Waals surface area contributed by atoms with Gasteiger partial charge < -0.3 is 15.5 Å². The third kappa shape index (κ3) is 55.5. The average molecular weight is 955 g/mol. The van der Waals surface area contributed by atoms with E-state index >= 15 is 0 Å². The van der Waals surface area contributed by atoms with Crippen molar-refractivity contribution < 1.29 is 15.0 Å². The first-order chi connectivity index (χ1) is 33.7. The monoisotopic (exact) mass is 954 g/mol. The second-order valence-corrected chi connectivity index (χ2v) is 21.5. The third-order valence-electron chi connectivity index (χ3n) is 14.6. The van der Waals surface area contributed by atoms with E-state index in [1.165, 1.54) is 295 Å². The fraction of sp³-hybridized carbons (Fsp3) is 0.891. The van der Waals surface area contributed by atoms with Gasteiger partial charge in [0.1, 0.15) is 0 Å². The van der Waals surface area contributed by atoms with Crippen molar-refractivity contribution in [2.24, 2.45) is 0 Å². The molecule has 0 aliphatic heterocycles. The molecule has 0 aromatic heterocycles. The quantitative estimate of drug-likeness (QED) is 0.0420. The van der Waals surface area contributed by atoms with Gasteiger partial charge in [0.25, 0.3) is 0 Å². The Bertz CT molecular complexity index is 1040. The smallest absolute Gasteiger partial charge is 0.220 e. The molecule has 0 rings (SSSR count). The van der Waals surface area contributed by atoms with Crippen LogP contribution in [-0.2, 0) is 4.79 Å². The van der Waals surface area contributed by atoms with Crippen molar-refractivity contribution in [3.8, 4) is 0 Å². The molecule has 3 N–H and O–H groups in total. The number of aliphatic hydroxyl groups excluding tert-OH is 2. The number of hydrogen-bond donors (Lipinski definition) is 3. The van der Waals surface area contributed by atoms with Crippen LogP contribution < -0.4 is 5.32 Å².